The summed E-state index contributed by atoms with van der Waals surface area (Å²) in [7, 11) is 1.27. The largest absolute Gasteiger partial charge is 0.493 e. The molecule has 246 valence electrons. The average Bonchev–Trinajstić information content (AvgIpc) is 3.69. The summed E-state index contributed by atoms with van der Waals surface area (Å²) in [5, 5.41) is 18.2. The molecule has 0 aliphatic carbocycles. The number of carbonyl (C=O) groups excluding carboxylic acids is 2. The van der Waals surface area contributed by atoms with Gasteiger partial charge in [-0.2, -0.15) is 5.10 Å². The number of carbonyl (C=O) groups is 2. The predicted molar refractivity (Wildman–Crippen MR) is 174 cm³/mol. The molecular weight excluding hydrogens is 625 g/mol. The maximum absolute atomic E-state index is 13.1. The van der Waals surface area contributed by atoms with Crippen LogP contribution in [-0.2, 0) is 11.4 Å². The van der Waals surface area contributed by atoms with Gasteiger partial charge in [-0.3, -0.25) is 19.7 Å². The summed E-state index contributed by atoms with van der Waals surface area (Å²) < 4.78 is 37.3. The first-order valence-electron chi connectivity index (χ1n) is 14.5. The summed E-state index contributed by atoms with van der Waals surface area (Å²) in [4.78, 5) is 36.0. The maximum Gasteiger partial charge on any atom is 0.315 e. The second kappa shape index (κ2) is 14.8. The zero-order chi connectivity index (χ0) is 34.2. The quantitative estimate of drug-likeness (QED) is 0.0874. The lowest BCUT2D eigenvalue weighted by molar-refractivity contribution is -0.385. The Bertz CT molecular complexity index is 1950. The minimum Gasteiger partial charge on any atom is -0.493 e. The number of aryl methyl sites for hydroxylation is 2. The van der Waals surface area contributed by atoms with Gasteiger partial charge in [0.05, 0.1) is 18.2 Å². The van der Waals surface area contributed by atoms with Crippen LogP contribution in [0, 0.1) is 29.8 Å². The first kappa shape index (κ1) is 32.9. The van der Waals surface area contributed by atoms with Gasteiger partial charge in [-0.1, -0.05) is 0 Å². The molecule has 2 amide bonds. The Labute approximate surface area is 273 Å². The molecule has 2 heterocycles. The molecule has 48 heavy (non-hydrogen) atoms. The van der Waals surface area contributed by atoms with E-state index in [0.717, 1.165) is 23.1 Å². The number of furan rings is 1. The van der Waals surface area contributed by atoms with E-state index in [2.05, 4.69) is 32.5 Å². The van der Waals surface area contributed by atoms with Crippen molar-refractivity contribution >= 4 is 29.4 Å². The number of nitro benzene ring substituents is 1. The molecule has 5 rings (SSSR count). The first-order chi connectivity index (χ1) is 23.1. The Kier molecular flexibility index (Phi) is 10.1. The Balaban J connectivity index is 1.16. The lowest BCUT2D eigenvalue weighted by Crippen LogP contribution is -2.20. The molecule has 2 N–H and O–H groups in total. The number of aromatic nitrogens is 1. The zero-order valence-electron chi connectivity index (χ0n) is 26.1. The molecule has 0 atom stereocenters. The summed E-state index contributed by atoms with van der Waals surface area (Å²) in [6.45, 7) is 3.57. The van der Waals surface area contributed by atoms with E-state index in [1.165, 1.54) is 49.7 Å². The van der Waals surface area contributed by atoms with E-state index in [0.29, 0.717) is 17.2 Å². The Morgan fingerprint density at radius 3 is 2.35 bits per heavy atom. The predicted octanol–water partition coefficient (Wildman–Crippen LogP) is 6.10. The number of ether oxygens (including phenoxy) is 3. The van der Waals surface area contributed by atoms with E-state index in [1.54, 1.807) is 6.07 Å². The van der Waals surface area contributed by atoms with Crippen LogP contribution in [0.4, 0.5) is 15.8 Å². The molecule has 0 bridgehead atoms. The molecule has 0 saturated carbocycles. The number of hydrogen-bond acceptors (Lipinski definition) is 9. The first-order valence-corrected chi connectivity index (χ1v) is 14.5. The molecule has 3 aromatic carbocycles. The third kappa shape index (κ3) is 8.04. The number of hydrazone groups is 1. The van der Waals surface area contributed by atoms with Crippen LogP contribution >= 0.6 is 0 Å². The van der Waals surface area contributed by atoms with Crippen LogP contribution in [0.15, 0.2) is 94.4 Å². The topological polar surface area (TPSA) is 159 Å². The van der Waals surface area contributed by atoms with Gasteiger partial charge >= 0.3 is 11.6 Å². The summed E-state index contributed by atoms with van der Waals surface area (Å²) in [6.07, 6.45) is 1.17. The van der Waals surface area contributed by atoms with Crippen LogP contribution in [0.5, 0.6) is 17.2 Å². The summed E-state index contributed by atoms with van der Waals surface area (Å²) in [6, 6.07) is 22.4. The van der Waals surface area contributed by atoms with E-state index in [-0.39, 0.29) is 29.4 Å². The number of nitrogens with one attached hydrogen (secondary N) is 2. The fourth-order valence-electron chi connectivity index (χ4n) is 4.70. The van der Waals surface area contributed by atoms with Crippen LogP contribution in [0.25, 0.3) is 5.69 Å². The minimum atomic E-state index is -0.712. The van der Waals surface area contributed by atoms with E-state index in [1.807, 2.05) is 38.1 Å². The molecular formula is C34H30FN5O8. The SMILES string of the molecule is COc1cc(/C=N/NC(=O)c2ccc(COc3ccc(-n4c(C)ccc4C)cc3)o2)cc([N+](=O)[O-])c1OCC(=O)Nc1ccc(F)cc1. The number of anilines is 1. The van der Waals surface area contributed by atoms with Crippen LogP contribution in [0.2, 0.25) is 0 Å². The van der Waals surface area contributed by atoms with Gasteiger partial charge in [0.15, 0.2) is 18.1 Å². The molecule has 0 spiro atoms. The van der Waals surface area contributed by atoms with Crippen LogP contribution < -0.4 is 25.0 Å². The van der Waals surface area contributed by atoms with Gasteiger partial charge in [0.2, 0.25) is 5.75 Å². The van der Waals surface area contributed by atoms with Crippen molar-refractivity contribution in [1.29, 1.82) is 0 Å². The summed E-state index contributed by atoms with van der Waals surface area (Å²) >= 11 is 0. The molecule has 0 unspecified atom stereocenters. The highest BCUT2D eigenvalue weighted by molar-refractivity contribution is 5.93. The standard InChI is InChI=1S/C34H30FN5O8/c1-21-4-5-22(2)39(21)26-10-12-27(13-11-26)46-19-28-14-15-30(48-28)34(42)38-36-18-23-16-29(40(43)44)33(31(17-23)45-3)47-20-32(41)37-25-8-6-24(35)7-9-25/h4-18H,19-20H2,1-3H3,(H,37,41)(H,38,42)/b36-18+. The zero-order valence-corrected chi connectivity index (χ0v) is 26.1. The molecule has 13 nitrogen and oxygen atoms in total. The van der Waals surface area contributed by atoms with Gasteiger partial charge in [-0.05, 0) is 92.7 Å². The highest BCUT2D eigenvalue weighted by atomic mass is 19.1. The summed E-state index contributed by atoms with van der Waals surface area (Å²) in [5.74, 6) is -1.09. The van der Waals surface area contributed by atoms with E-state index >= 15 is 0 Å². The molecule has 5 aromatic rings. The van der Waals surface area contributed by atoms with Gasteiger partial charge in [0.25, 0.3) is 5.91 Å². The number of nitro groups is 1. The summed E-state index contributed by atoms with van der Waals surface area (Å²) in [5.41, 5.74) is 5.58. The molecule has 0 aliphatic heterocycles. The maximum atomic E-state index is 13.1. The smallest absolute Gasteiger partial charge is 0.315 e. The molecule has 0 fully saturated rings. The van der Waals surface area contributed by atoms with Crippen molar-refractivity contribution in [2.45, 2.75) is 20.5 Å². The molecule has 0 radical (unpaired) electrons. The number of rotatable bonds is 13. The van der Waals surface area contributed by atoms with Crippen molar-refractivity contribution in [3.63, 3.8) is 0 Å². The van der Waals surface area contributed by atoms with Gasteiger partial charge in [-0.15, -0.1) is 0 Å². The third-order valence-electron chi connectivity index (χ3n) is 6.96. The van der Waals surface area contributed by atoms with Crippen molar-refractivity contribution in [3.05, 3.63) is 129 Å². The Hall–Kier alpha value is -6.44. The number of hydrogen-bond donors (Lipinski definition) is 2. The van der Waals surface area contributed by atoms with Gasteiger partial charge in [-0.25, -0.2) is 9.82 Å². The Morgan fingerprint density at radius 2 is 1.69 bits per heavy atom. The van der Waals surface area contributed by atoms with Crippen molar-refractivity contribution in [2.24, 2.45) is 5.10 Å². The number of methoxy groups -OCH3 is 1. The molecule has 14 heteroatoms. The average molecular weight is 656 g/mol. The third-order valence-corrected chi connectivity index (χ3v) is 6.96. The minimum absolute atomic E-state index is 0.0223. The number of halogens is 1. The lowest BCUT2D eigenvalue weighted by Gasteiger charge is -2.12. The van der Waals surface area contributed by atoms with Gasteiger partial charge in [0.1, 0.15) is 23.9 Å². The van der Waals surface area contributed by atoms with Crippen molar-refractivity contribution in [1.82, 2.24) is 9.99 Å². The highest BCUT2D eigenvalue weighted by Gasteiger charge is 2.23. The molecule has 0 aliphatic rings. The van der Waals surface area contributed by atoms with Crippen molar-refractivity contribution in [2.75, 3.05) is 19.0 Å². The van der Waals surface area contributed by atoms with Crippen LogP contribution in [0.1, 0.15) is 33.3 Å². The fraction of sp³-hybridized carbons (Fsp3) is 0.147. The van der Waals surface area contributed by atoms with Crippen LogP contribution in [0.3, 0.4) is 0 Å². The normalized spacial score (nSPS) is 10.9. The second-order valence-electron chi connectivity index (χ2n) is 10.4. The number of nitrogens with zero attached hydrogens (tertiary/aromatic N) is 3. The Morgan fingerprint density at radius 1 is 0.979 bits per heavy atom. The van der Waals surface area contributed by atoms with E-state index in [9.17, 15) is 24.1 Å². The number of benzene rings is 3. The van der Waals surface area contributed by atoms with Gasteiger partial charge in [0, 0.05) is 34.4 Å². The van der Waals surface area contributed by atoms with E-state index in [4.69, 9.17) is 18.6 Å². The molecule has 0 saturated heterocycles. The van der Waals surface area contributed by atoms with Crippen LogP contribution in [-0.4, -0.2) is 41.2 Å². The monoisotopic (exact) mass is 655 g/mol. The van der Waals surface area contributed by atoms with Gasteiger partial charge < -0.3 is 28.5 Å². The van der Waals surface area contributed by atoms with E-state index < -0.39 is 34.8 Å². The number of amides is 2. The second-order valence-corrected chi connectivity index (χ2v) is 10.4. The van der Waals surface area contributed by atoms with Crippen molar-refractivity contribution < 1.29 is 37.5 Å². The van der Waals surface area contributed by atoms with Crippen molar-refractivity contribution in [3.8, 4) is 22.9 Å². The molecule has 2 aromatic heterocycles. The fourth-order valence-corrected chi connectivity index (χ4v) is 4.70. The highest BCUT2D eigenvalue weighted by Crippen LogP contribution is 2.38. The lowest BCUT2D eigenvalue weighted by atomic mass is 10.2.